The van der Waals surface area contributed by atoms with Crippen LogP contribution < -0.4 is 5.32 Å². The number of carbonyl (C=O) groups is 2. The molecule has 1 rings (SSSR count). The van der Waals surface area contributed by atoms with Crippen LogP contribution in [0.25, 0.3) is 0 Å². The summed E-state index contributed by atoms with van der Waals surface area (Å²) in [5.74, 6) is -0.749. The van der Waals surface area contributed by atoms with Gasteiger partial charge in [0.15, 0.2) is 11.5 Å². The standard InChI is InChI=1S/C10H15N3O3/c1-4-16-10(15)9-7(6-13(3)12-9)8(14)5-11-2/h6,11H,4-5H2,1-3H3. The highest BCUT2D eigenvalue weighted by molar-refractivity contribution is 6.06. The highest BCUT2D eigenvalue weighted by Crippen LogP contribution is 2.08. The lowest BCUT2D eigenvalue weighted by atomic mass is 10.1. The summed E-state index contributed by atoms with van der Waals surface area (Å²) in [5, 5.41) is 6.66. The number of nitrogens with zero attached hydrogens (tertiary/aromatic N) is 2. The summed E-state index contributed by atoms with van der Waals surface area (Å²) in [6.45, 7) is 2.13. The number of hydrogen-bond donors (Lipinski definition) is 1. The van der Waals surface area contributed by atoms with Crippen molar-refractivity contribution in [1.29, 1.82) is 0 Å². The van der Waals surface area contributed by atoms with Crippen LogP contribution in [0, 0.1) is 0 Å². The summed E-state index contributed by atoms with van der Waals surface area (Å²) in [7, 11) is 3.32. The lowest BCUT2D eigenvalue weighted by Crippen LogP contribution is -2.20. The van der Waals surface area contributed by atoms with Crippen molar-refractivity contribution in [2.24, 2.45) is 7.05 Å². The van der Waals surface area contributed by atoms with E-state index in [2.05, 4.69) is 10.4 Å². The third-order valence-corrected chi connectivity index (χ3v) is 1.94. The molecule has 0 aliphatic heterocycles. The van der Waals surface area contributed by atoms with Crippen LogP contribution in [0.1, 0.15) is 27.8 Å². The second kappa shape index (κ2) is 5.41. The number of carbonyl (C=O) groups excluding carboxylic acids is 2. The maximum Gasteiger partial charge on any atom is 0.359 e. The molecule has 1 aromatic heterocycles. The molecule has 0 saturated heterocycles. The van der Waals surface area contributed by atoms with Gasteiger partial charge in [-0.25, -0.2) is 4.79 Å². The van der Waals surface area contributed by atoms with Crippen LogP contribution in [0.4, 0.5) is 0 Å². The predicted octanol–water partition coefficient (Wildman–Crippen LogP) is -0.00110. The van der Waals surface area contributed by atoms with Gasteiger partial charge in [0.2, 0.25) is 0 Å². The van der Waals surface area contributed by atoms with E-state index in [4.69, 9.17) is 4.74 Å². The monoisotopic (exact) mass is 225 g/mol. The lowest BCUT2D eigenvalue weighted by Gasteiger charge is -2.00. The molecule has 0 radical (unpaired) electrons. The maximum atomic E-state index is 11.7. The summed E-state index contributed by atoms with van der Waals surface area (Å²) >= 11 is 0. The van der Waals surface area contributed by atoms with Crippen LogP contribution in [0.15, 0.2) is 6.20 Å². The first kappa shape index (κ1) is 12.4. The van der Waals surface area contributed by atoms with Crippen molar-refractivity contribution in [1.82, 2.24) is 15.1 Å². The Kier molecular flexibility index (Phi) is 4.19. The van der Waals surface area contributed by atoms with Gasteiger partial charge in [-0.3, -0.25) is 9.48 Å². The second-order valence-electron chi connectivity index (χ2n) is 3.24. The Morgan fingerprint density at radius 3 is 2.81 bits per heavy atom. The van der Waals surface area contributed by atoms with Gasteiger partial charge in [-0.1, -0.05) is 0 Å². The molecule has 16 heavy (non-hydrogen) atoms. The zero-order valence-corrected chi connectivity index (χ0v) is 9.61. The molecule has 6 heteroatoms. The molecule has 0 unspecified atom stereocenters. The molecule has 0 spiro atoms. The molecule has 0 aliphatic rings. The molecule has 0 atom stereocenters. The van der Waals surface area contributed by atoms with Crippen LogP contribution in [-0.2, 0) is 11.8 Å². The quantitative estimate of drug-likeness (QED) is 0.564. The minimum atomic E-state index is -0.567. The van der Waals surface area contributed by atoms with Crippen LogP contribution in [-0.4, -0.2) is 41.7 Å². The number of rotatable bonds is 5. The van der Waals surface area contributed by atoms with Gasteiger partial charge in [-0.15, -0.1) is 0 Å². The lowest BCUT2D eigenvalue weighted by molar-refractivity contribution is 0.0515. The molecular formula is C10H15N3O3. The molecule has 0 saturated carbocycles. The molecule has 88 valence electrons. The van der Waals surface area contributed by atoms with Gasteiger partial charge in [0.05, 0.1) is 18.7 Å². The number of esters is 1. The fourth-order valence-electron chi connectivity index (χ4n) is 1.30. The summed E-state index contributed by atoms with van der Waals surface area (Å²) in [6, 6.07) is 0. The second-order valence-corrected chi connectivity index (χ2v) is 3.24. The van der Waals surface area contributed by atoms with Crippen molar-refractivity contribution in [3.8, 4) is 0 Å². The van der Waals surface area contributed by atoms with Crippen molar-refractivity contribution in [3.05, 3.63) is 17.5 Å². The van der Waals surface area contributed by atoms with Gasteiger partial charge in [-0.05, 0) is 14.0 Å². The summed E-state index contributed by atoms with van der Waals surface area (Å²) < 4.78 is 6.25. The third-order valence-electron chi connectivity index (χ3n) is 1.94. The highest BCUT2D eigenvalue weighted by atomic mass is 16.5. The zero-order chi connectivity index (χ0) is 12.1. The summed E-state index contributed by atoms with van der Waals surface area (Å²) in [5.41, 5.74) is 0.361. The zero-order valence-electron chi connectivity index (χ0n) is 9.61. The number of nitrogens with one attached hydrogen (secondary N) is 1. The molecule has 1 N–H and O–H groups in total. The summed E-state index contributed by atoms with van der Waals surface area (Å²) in [4.78, 5) is 23.2. The van der Waals surface area contributed by atoms with Crippen LogP contribution >= 0.6 is 0 Å². The smallest absolute Gasteiger partial charge is 0.359 e. The van der Waals surface area contributed by atoms with E-state index in [0.717, 1.165) is 0 Å². The molecule has 1 aromatic rings. The fraction of sp³-hybridized carbons (Fsp3) is 0.500. The molecule has 1 heterocycles. The van der Waals surface area contributed by atoms with E-state index in [9.17, 15) is 9.59 Å². The molecule has 0 fully saturated rings. The van der Waals surface area contributed by atoms with Crippen LogP contribution in [0.5, 0.6) is 0 Å². The van der Waals surface area contributed by atoms with E-state index >= 15 is 0 Å². The van der Waals surface area contributed by atoms with Gasteiger partial charge in [0.25, 0.3) is 0 Å². The highest BCUT2D eigenvalue weighted by Gasteiger charge is 2.21. The number of hydrogen-bond acceptors (Lipinski definition) is 5. The van der Waals surface area contributed by atoms with E-state index in [1.54, 1.807) is 21.0 Å². The average molecular weight is 225 g/mol. The van der Waals surface area contributed by atoms with E-state index in [0.29, 0.717) is 0 Å². The first-order valence-electron chi connectivity index (χ1n) is 4.98. The van der Waals surface area contributed by atoms with Crippen molar-refractivity contribution in [3.63, 3.8) is 0 Å². The minimum Gasteiger partial charge on any atom is -0.461 e. The van der Waals surface area contributed by atoms with Crippen molar-refractivity contribution in [2.75, 3.05) is 20.2 Å². The average Bonchev–Trinajstić information content (AvgIpc) is 2.61. The molecule has 6 nitrogen and oxygen atoms in total. The molecule has 0 bridgehead atoms. The largest absolute Gasteiger partial charge is 0.461 e. The molecular weight excluding hydrogens is 210 g/mol. The maximum absolute atomic E-state index is 11.7. The Balaban J connectivity index is 2.99. The van der Waals surface area contributed by atoms with E-state index in [-0.39, 0.29) is 30.2 Å². The molecule has 0 amide bonds. The van der Waals surface area contributed by atoms with E-state index in [1.807, 2.05) is 0 Å². The van der Waals surface area contributed by atoms with Gasteiger partial charge < -0.3 is 10.1 Å². The van der Waals surface area contributed by atoms with Crippen molar-refractivity contribution >= 4 is 11.8 Å². The fourth-order valence-corrected chi connectivity index (χ4v) is 1.30. The minimum absolute atomic E-state index is 0.0737. The number of Topliss-reactive ketones (excluding diaryl/α,β-unsaturated/α-hetero) is 1. The number of ether oxygens (including phenoxy) is 1. The Bertz CT molecular complexity index is 363. The Morgan fingerprint density at radius 1 is 1.56 bits per heavy atom. The van der Waals surface area contributed by atoms with Gasteiger partial charge in [-0.2, -0.15) is 5.10 Å². The van der Waals surface area contributed by atoms with Crippen molar-refractivity contribution < 1.29 is 14.3 Å². The Labute approximate surface area is 93.6 Å². The number of aromatic nitrogens is 2. The van der Waals surface area contributed by atoms with E-state index in [1.165, 1.54) is 10.9 Å². The normalized spacial score (nSPS) is 10.2. The van der Waals surface area contributed by atoms with Gasteiger partial charge in [0.1, 0.15) is 0 Å². The van der Waals surface area contributed by atoms with E-state index < -0.39 is 5.97 Å². The van der Waals surface area contributed by atoms with Gasteiger partial charge in [0, 0.05) is 13.2 Å². The summed E-state index contributed by atoms with van der Waals surface area (Å²) in [6.07, 6.45) is 1.52. The topological polar surface area (TPSA) is 73.2 Å². The third kappa shape index (κ3) is 2.66. The van der Waals surface area contributed by atoms with Crippen LogP contribution in [0.2, 0.25) is 0 Å². The molecule has 0 aliphatic carbocycles. The van der Waals surface area contributed by atoms with Crippen LogP contribution in [0.3, 0.4) is 0 Å². The number of aryl methyl sites for hydroxylation is 1. The Morgan fingerprint density at radius 2 is 2.25 bits per heavy atom. The number of ketones is 1. The Hall–Kier alpha value is -1.69. The molecule has 0 aromatic carbocycles. The first-order chi connectivity index (χ1) is 7.60. The SMILES string of the molecule is CCOC(=O)c1nn(C)cc1C(=O)CNC. The van der Waals surface area contributed by atoms with Crippen molar-refractivity contribution in [2.45, 2.75) is 6.92 Å². The first-order valence-corrected chi connectivity index (χ1v) is 4.98. The van der Waals surface area contributed by atoms with Gasteiger partial charge >= 0.3 is 5.97 Å². The predicted molar refractivity (Wildman–Crippen MR) is 57.4 cm³/mol. The number of likely N-dealkylation sites (N-methyl/N-ethyl adjacent to an activating group) is 1.